The standard InChI is InChI=1S/C16H18N2O/c1-19-16-5-3-2-4-15(16)18-14-7-6-13-11-17-9-8-12(13)10-14/h2-7,10,17-18H,8-9,11H2,1H3. The highest BCUT2D eigenvalue weighted by molar-refractivity contribution is 5.67. The lowest BCUT2D eigenvalue weighted by atomic mass is 10.0. The fraction of sp³-hybridized carbons (Fsp3) is 0.250. The number of benzene rings is 2. The summed E-state index contributed by atoms with van der Waals surface area (Å²) in [6.07, 6.45) is 1.09. The van der Waals surface area contributed by atoms with E-state index in [0.717, 1.165) is 36.6 Å². The average molecular weight is 254 g/mol. The summed E-state index contributed by atoms with van der Waals surface area (Å²) >= 11 is 0. The van der Waals surface area contributed by atoms with Gasteiger partial charge in [0.2, 0.25) is 0 Å². The molecule has 0 atom stereocenters. The summed E-state index contributed by atoms with van der Waals surface area (Å²) in [5.41, 5.74) is 4.94. The van der Waals surface area contributed by atoms with Crippen LogP contribution < -0.4 is 15.4 Å². The molecule has 0 aliphatic carbocycles. The molecule has 0 amide bonds. The van der Waals surface area contributed by atoms with Crippen LogP contribution in [0.25, 0.3) is 0 Å². The predicted molar refractivity (Wildman–Crippen MR) is 78.1 cm³/mol. The van der Waals surface area contributed by atoms with Crippen molar-refractivity contribution >= 4 is 11.4 Å². The lowest BCUT2D eigenvalue weighted by molar-refractivity contribution is 0.417. The predicted octanol–water partition coefficient (Wildman–Crippen LogP) is 3.08. The Balaban J connectivity index is 1.87. The topological polar surface area (TPSA) is 33.3 Å². The van der Waals surface area contributed by atoms with E-state index in [9.17, 15) is 0 Å². The van der Waals surface area contributed by atoms with Gasteiger partial charge in [-0.1, -0.05) is 18.2 Å². The summed E-state index contributed by atoms with van der Waals surface area (Å²) < 4.78 is 5.36. The van der Waals surface area contributed by atoms with Gasteiger partial charge in [0.05, 0.1) is 12.8 Å². The second-order valence-corrected chi connectivity index (χ2v) is 4.74. The van der Waals surface area contributed by atoms with E-state index in [0.29, 0.717) is 0 Å². The molecule has 2 aromatic carbocycles. The van der Waals surface area contributed by atoms with Gasteiger partial charge in [-0.25, -0.2) is 0 Å². The van der Waals surface area contributed by atoms with Crippen molar-refractivity contribution in [3.05, 3.63) is 53.6 Å². The number of anilines is 2. The molecule has 0 saturated heterocycles. The monoisotopic (exact) mass is 254 g/mol. The van der Waals surface area contributed by atoms with Gasteiger partial charge in [0, 0.05) is 12.2 Å². The molecule has 2 N–H and O–H groups in total. The molecule has 1 aliphatic rings. The van der Waals surface area contributed by atoms with Crippen molar-refractivity contribution in [1.29, 1.82) is 0 Å². The number of nitrogens with one attached hydrogen (secondary N) is 2. The normalized spacial score (nSPS) is 13.7. The molecule has 0 saturated carbocycles. The third-order valence-corrected chi connectivity index (χ3v) is 3.48. The zero-order chi connectivity index (χ0) is 13.1. The van der Waals surface area contributed by atoms with Crippen LogP contribution in [0, 0.1) is 0 Å². The minimum absolute atomic E-state index is 0.863. The molecule has 0 radical (unpaired) electrons. The highest BCUT2D eigenvalue weighted by Gasteiger charge is 2.09. The highest BCUT2D eigenvalue weighted by atomic mass is 16.5. The number of methoxy groups -OCH3 is 1. The average Bonchev–Trinajstić information content (AvgIpc) is 2.48. The molecule has 98 valence electrons. The lowest BCUT2D eigenvalue weighted by Gasteiger charge is -2.18. The van der Waals surface area contributed by atoms with Gasteiger partial charge in [0.1, 0.15) is 5.75 Å². The fourth-order valence-electron chi connectivity index (χ4n) is 2.46. The molecule has 0 fully saturated rings. The molecule has 0 spiro atoms. The molecule has 1 heterocycles. The molecule has 0 aromatic heterocycles. The molecular weight excluding hydrogens is 236 g/mol. The minimum atomic E-state index is 0.863. The summed E-state index contributed by atoms with van der Waals surface area (Å²) in [4.78, 5) is 0. The van der Waals surface area contributed by atoms with E-state index in [4.69, 9.17) is 4.74 Å². The van der Waals surface area contributed by atoms with Crippen LogP contribution >= 0.6 is 0 Å². The van der Waals surface area contributed by atoms with Crippen LogP contribution in [-0.2, 0) is 13.0 Å². The van der Waals surface area contributed by atoms with Crippen molar-refractivity contribution in [2.24, 2.45) is 0 Å². The first-order valence-corrected chi connectivity index (χ1v) is 6.59. The van der Waals surface area contributed by atoms with Crippen LogP contribution in [-0.4, -0.2) is 13.7 Å². The van der Waals surface area contributed by atoms with E-state index < -0.39 is 0 Å². The number of fused-ring (bicyclic) bond motifs is 1. The Kier molecular flexibility index (Phi) is 3.38. The van der Waals surface area contributed by atoms with Crippen LogP contribution in [0.2, 0.25) is 0 Å². The third kappa shape index (κ3) is 2.56. The molecule has 19 heavy (non-hydrogen) atoms. The number of para-hydroxylation sites is 2. The van der Waals surface area contributed by atoms with Crippen molar-refractivity contribution in [2.45, 2.75) is 13.0 Å². The van der Waals surface area contributed by atoms with Crippen LogP contribution in [0.1, 0.15) is 11.1 Å². The SMILES string of the molecule is COc1ccccc1Nc1ccc2c(c1)CCNC2. The smallest absolute Gasteiger partial charge is 0.142 e. The minimum Gasteiger partial charge on any atom is -0.495 e. The van der Waals surface area contributed by atoms with Gasteiger partial charge in [-0.05, 0) is 48.4 Å². The fourth-order valence-corrected chi connectivity index (χ4v) is 2.46. The van der Waals surface area contributed by atoms with Gasteiger partial charge in [0.15, 0.2) is 0 Å². The van der Waals surface area contributed by atoms with Gasteiger partial charge >= 0.3 is 0 Å². The van der Waals surface area contributed by atoms with E-state index in [2.05, 4.69) is 28.8 Å². The molecule has 0 unspecified atom stereocenters. The Morgan fingerprint density at radius 1 is 1.11 bits per heavy atom. The van der Waals surface area contributed by atoms with Crippen LogP contribution in [0.4, 0.5) is 11.4 Å². The maximum atomic E-state index is 5.36. The zero-order valence-electron chi connectivity index (χ0n) is 11.1. The van der Waals surface area contributed by atoms with Gasteiger partial charge < -0.3 is 15.4 Å². The number of rotatable bonds is 3. The first-order chi connectivity index (χ1) is 9.36. The summed E-state index contributed by atoms with van der Waals surface area (Å²) in [6, 6.07) is 14.5. The Labute approximate surface area is 113 Å². The number of hydrogen-bond donors (Lipinski definition) is 2. The van der Waals surface area contributed by atoms with Crippen LogP contribution in [0.3, 0.4) is 0 Å². The van der Waals surface area contributed by atoms with E-state index in [-0.39, 0.29) is 0 Å². The first kappa shape index (κ1) is 12.1. The van der Waals surface area contributed by atoms with Crippen LogP contribution in [0.5, 0.6) is 5.75 Å². The highest BCUT2D eigenvalue weighted by Crippen LogP contribution is 2.28. The van der Waals surface area contributed by atoms with Crippen molar-refractivity contribution in [3.8, 4) is 5.75 Å². The first-order valence-electron chi connectivity index (χ1n) is 6.59. The summed E-state index contributed by atoms with van der Waals surface area (Å²) in [5.74, 6) is 0.863. The lowest BCUT2D eigenvalue weighted by Crippen LogP contribution is -2.23. The van der Waals surface area contributed by atoms with Gasteiger partial charge in [-0.3, -0.25) is 0 Å². The number of hydrogen-bond acceptors (Lipinski definition) is 3. The van der Waals surface area contributed by atoms with E-state index >= 15 is 0 Å². The second-order valence-electron chi connectivity index (χ2n) is 4.74. The Morgan fingerprint density at radius 2 is 2.00 bits per heavy atom. The third-order valence-electron chi connectivity index (χ3n) is 3.48. The zero-order valence-corrected chi connectivity index (χ0v) is 11.1. The molecule has 1 aliphatic heterocycles. The maximum Gasteiger partial charge on any atom is 0.142 e. The van der Waals surface area contributed by atoms with Crippen molar-refractivity contribution < 1.29 is 4.74 Å². The molecular formula is C16H18N2O. The van der Waals surface area contributed by atoms with Crippen LogP contribution in [0.15, 0.2) is 42.5 Å². The maximum absolute atomic E-state index is 5.36. The molecule has 3 rings (SSSR count). The summed E-state index contributed by atoms with van der Waals surface area (Å²) in [5, 5.41) is 6.82. The van der Waals surface area contributed by atoms with E-state index in [1.165, 1.54) is 11.1 Å². The quantitative estimate of drug-likeness (QED) is 0.883. The van der Waals surface area contributed by atoms with E-state index in [1.54, 1.807) is 7.11 Å². The van der Waals surface area contributed by atoms with E-state index in [1.807, 2.05) is 24.3 Å². The van der Waals surface area contributed by atoms with Crippen molar-refractivity contribution in [1.82, 2.24) is 5.32 Å². The van der Waals surface area contributed by atoms with Crippen molar-refractivity contribution in [3.63, 3.8) is 0 Å². The van der Waals surface area contributed by atoms with Gasteiger partial charge in [-0.15, -0.1) is 0 Å². The summed E-state index contributed by atoms with van der Waals surface area (Å²) in [7, 11) is 1.69. The van der Waals surface area contributed by atoms with Crippen molar-refractivity contribution in [2.75, 3.05) is 19.0 Å². The molecule has 0 bridgehead atoms. The molecule has 2 aromatic rings. The Hall–Kier alpha value is -2.00. The second kappa shape index (κ2) is 5.33. The number of ether oxygens (including phenoxy) is 1. The largest absolute Gasteiger partial charge is 0.495 e. The Bertz CT molecular complexity index is 581. The molecule has 3 nitrogen and oxygen atoms in total. The Morgan fingerprint density at radius 3 is 2.89 bits per heavy atom. The summed E-state index contributed by atoms with van der Waals surface area (Å²) in [6.45, 7) is 2.04. The molecule has 3 heteroatoms. The van der Waals surface area contributed by atoms with Gasteiger partial charge in [-0.2, -0.15) is 0 Å². The van der Waals surface area contributed by atoms with Gasteiger partial charge in [0.25, 0.3) is 0 Å².